The van der Waals surface area contributed by atoms with Gasteiger partial charge < -0.3 is 5.32 Å². The highest BCUT2D eigenvalue weighted by molar-refractivity contribution is 6.09. The summed E-state index contributed by atoms with van der Waals surface area (Å²) in [6, 6.07) is 14.0. The predicted molar refractivity (Wildman–Crippen MR) is 153 cm³/mol. The van der Waals surface area contributed by atoms with Crippen LogP contribution in [0.3, 0.4) is 0 Å². The van der Waals surface area contributed by atoms with E-state index in [2.05, 4.69) is 20.6 Å². The topological polar surface area (TPSA) is 140 Å². The molecule has 0 saturated carbocycles. The van der Waals surface area contributed by atoms with Gasteiger partial charge in [0.05, 0.1) is 33.5 Å². The predicted octanol–water partition coefficient (Wildman–Crippen LogP) is 3.52. The van der Waals surface area contributed by atoms with Crippen molar-refractivity contribution in [1.82, 2.24) is 29.5 Å². The molecule has 0 aliphatic carbocycles. The molecule has 11 nitrogen and oxygen atoms in total. The van der Waals surface area contributed by atoms with E-state index in [4.69, 9.17) is 5.10 Å². The van der Waals surface area contributed by atoms with E-state index in [1.54, 1.807) is 29.6 Å². The van der Waals surface area contributed by atoms with E-state index in [0.717, 1.165) is 16.8 Å². The number of fused-ring (bicyclic) bond motifs is 2. The molecule has 2 N–H and O–H groups in total. The maximum absolute atomic E-state index is 13.8. The van der Waals surface area contributed by atoms with Crippen LogP contribution in [0.5, 0.6) is 0 Å². The van der Waals surface area contributed by atoms with Crippen LogP contribution in [-0.2, 0) is 16.0 Å². The number of imide groups is 1. The van der Waals surface area contributed by atoms with E-state index in [0.29, 0.717) is 34.7 Å². The summed E-state index contributed by atoms with van der Waals surface area (Å²) in [5.74, 6) is -1.04. The average Bonchev–Trinajstić information content (AvgIpc) is 3.29. The molecule has 0 radical (unpaired) electrons. The minimum Gasteiger partial charge on any atom is -0.321 e. The van der Waals surface area contributed by atoms with Gasteiger partial charge in [0.25, 0.3) is 11.5 Å². The molecule has 0 bridgehead atoms. The molecule has 1 saturated heterocycles. The van der Waals surface area contributed by atoms with E-state index in [1.165, 1.54) is 10.8 Å². The van der Waals surface area contributed by atoms with E-state index < -0.39 is 23.4 Å². The van der Waals surface area contributed by atoms with Crippen molar-refractivity contribution < 1.29 is 14.4 Å². The lowest BCUT2D eigenvalue weighted by atomic mass is 10.0. The summed E-state index contributed by atoms with van der Waals surface area (Å²) >= 11 is 0. The SMILES string of the molecule is CCc1c(C(=O)Nc2cccc3nc(C)n(C4CCC(=O)NC4=O)c(=O)c23)cnc2c(-c3ccccc3)c(C)nn12. The maximum Gasteiger partial charge on any atom is 0.264 e. The number of amides is 3. The van der Waals surface area contributed by atoms with E-state index in [-0.39, 0.29) is 29.8 Å². The molecule has 1 aliphatic heterocycles. The monoisotopic (exact) mass is 549 g/mol. The summed E-state index contributed by atoms with van der Waals surface area (Å²) in [6.07, 6.45) is 2.35. The maximum atomic E-state index is 13.8. The summed E-state index contributed by atoms with van der Waals surface area (Å²) in [4.78, 5) is 60.9. The van der Waals surface area contributed by atoms with Crippen LogP contribution in [0.25, 0.3) is 27.7 Å². The van der Waals surface area contributed by atoms with Gasteiger partial charge in [-0.05, 0) is 44.4 Å². The second-order valence-corrected chi connectivity index (χ2v) is 9.99. The lowest BCUT2D eigenvalue weighted by molar-refractivity contribution is -0.135. The number of hydrogen-bond donors (Lipinski definition) is 2. The molecule has 11 heteroatoms. The second-order valence-electron chi connectivity index (χ2n) is 9.99. The highest BCUT2D eigenvalue weighted by Gasteiger charge is 2.31. The Morgan fingerprint density at radius 3 is 2.59 bits per heavy atom. The van der Waals surface area contributed by atoms with Crippen molar-refractivity contribution in [2.45, 2.75) is 46.1 Å². The molecule has 2 aromatic carbocycles. The Morgan fingerprint density at radius 1 is 1.07 bits per heavy atom. The molecule has 3 aromatic heterocycles. The van der Waals surface area contributed by atoms with Crippen molar-refractivity contribution >= 4 is 40.0 Å². The average molecular weight is 550 g/mol. The van der Waals surface area contributed by atoms with E-state index in [1.807, 2.05) is 44.2 Å². The molecule has 206 valence electrons. The summed E-state index contributed by atoms with van der Waals surface area (Å²) in [5.41, 5.74) is 4.49. The molecule has 1 aliphatic rings. The first-order chi connectivity index (χ1) is 19.8. The zero-order valence-corrected chi connectivity index (χ0v) is 22.8. The summed E-state index contributed by atoms with van der Waals surface area (Å²) < 4.78 is 3.00. The molecule has 0 spiro atoms. The Kier molecular flexibility index (Phi) is 6.41. The molecular weight excluding hydrogens is 522 g/mol. The fraction of sp³-hybridized carbons (Fsp3) is 0.233. The van der Waals surface area contributed by atoms with Crippen LogP contribution in [0.1, 0.15) is 53.4 Å². The van der Waals surface area contributed by atoms with Gasteiger partial charge in [0.15, 0.2) is 5.65 Å². The first-order valence-corrected chi connectivity index (χ1v) is 13.4. The number of rotatable bonds is 5. The fourth-order valence-corrected chi connectivity index (χ4v) is 5.55. The van der Waals surface area contributed by atoms with Crippen molar-refractivity contribution in [3.63, 3.8) is 0 Å². The highest BCUT2D eigenvalue weighted by atomic mass is 16.2. The van der Waals surface area contributed by atoms with E-state index >= 15 is 0 Å². The van der Waals surface area contributed by atoms with Gasteiger partial charge in [-0.1, -0.05) is 43.3 Å². The summed E-state index contributed by atoms with van der Waals surface area (Å²) in [7, 11) is 0. The molecule has 1 fully saturated rings. The summed E-state index contributed by atoms with van der Waals surface area (Å²) in [5, 5.41) is 10.0. The number of piperidine rings is 1. The Bertz CT molecular complexity index is 1940. The zero-order valence-electron chi connectivity index (χ0n) is 22.8. The number of carbonyl (C=O) groups is 3. The largest absolute Gasteiger partial charge is 0.321 e. The standard InChI is InChI=1S/C30H27N7O4/c1-4-22-19(15-31-27-25(16(2)35-37(22)27)18-9-6-5-7-10-18)28(39)33-21-12-8-11-20-26(21)30(41)36(17(3)32-20)23-13-14-24(38)34-29(23)40/h5-12,15,23H,4,13-14H2,1-3H3,(H,33,39)(H,34,38,40). The smallest absolute Gasteiger partial charge is 0.264 e. The zero-order chi connectivity index (χ0) is 28.8. The van der Waals surface area contributed by atoms with Crippen LogP contribution in [0.2, 0.25) is 0 Å². The van der Waals surface area contributed by atoms with Gasteiger partial charge >= 0.3 is 0 Å². The Morgan fingerprint density at radius 2 is 1.85 bits per heavy atom. The Hall–Kier alpha value is -5.19. The van der Waals surface area contributed by atoms with Crippen molar-refractivity contribution in [2.75, 3.05) is 5.32 Å². The number of benzene rings is 2. The van der Waals surface area contributed by atoms with Crippen LogP contribution in [-0.4, -0.2) is 41.9 Å². The lowest BCUT2D eigenvalue weighted by Gasteiger charge is -2.24. The quantitative estimate of drug-likeness (QED) is 0.320. The minimum atomic E-state index is -0.874. The Labute approximate surface area is 234 Å². The first-order valence-electron chi connectivity index (χ1n) is 13.4. The Balaban J connectivity index is 1.42. The van der Waals surface area contributed by atoms with Crippen molar-refractivity contribution in [3.05, 3.63) is 87.9 Å². The molecule has 1 atom stereocenters. The summed E-state index contributed by atoms with van der Waals surface area (Å²) in [6.45, 7) is 5.49. The number of nitrogens with zero attached hydrogens (tertiary/aromatic N) is 5. The molecule has 6 rings (SSSR count). The van der Waals surface area contributed by atoms with Gasteiger partial charge in [0, 0.05) is 18.2 Å². The van der Waals surface area contributed by atoms with Crippen molar-refractivity contribution in [2.24, 2.45) is 0 Å². The molecule has 3 amide bonds. The van der Waals surface area contributed by atoms with Gasteiger partial charge in [-0.3, -0.25) is 29.1 Å². The number of hydrogen-bond acceptors (Lipinski definition) is 7. The molecular formula is C30H27N7O4. The second kappa shape index (κ2) is 10.1. The number of aryl methyl sites for hydroxylation is 3. The van der Waals surface area contributed by atoms with Gasteiger partial charge in [0.1, 0.15) is 11.9 Å². The van der Waals surface area contributed by atoms with Crippen molar-refractivity contribution in [3.8, 4) is 11.1 Å². The van der Waals surface area contributed by atoms with Crippen molar-refractivity contribution in [1.29, 1.82) is 0 Å². The van der Waals surface area contributed by atoms with Gasteiger partial charge in [0.2, 0.25) is 11.8 Å². The fourth-order valence-electron chi connectivity index (χ4n) is 5.55. The first kappa shape index (κ1) is 26.1. The lowest BCUT2D eigenvalue weighted by Crippen LogP contribution is -2.45. The number of anilines is 1. The van der Waals surface area contributed by atoms with E-state index in [9.17, 15) is 19.2 Å². The molecule has 41 heavy (non-hydrogen) atoms. The van der Waals surface area contributed by atoms with Gasteiger partial charge in [-0.2, -0.15) is 5.10 Å². The number of nitrogens with one attached hydrogen (secondary N) is 2. The highest BCUT2D eigenvalue weighted by Crippen LogP contribution is 2.29. The van der Waals surface area contributed by atoms with Crippen LogP contribution in [0, 0.1) is 13.8 Å². The molecule has 5 aromatic rings. The minimum absolute atomic E-state index is 0.118. The van der Waals surface area contributed by atoms with Crippen LogP contribution in [0.4, 0.5) is 5.69 Å². The third-order valence-corrected chi connectivity index (χ3v) is 7.44. The third kappa shape index (κ3) is 4.35. The van der Waals surface area contributed by atoms with Gasteiger partial charge in [-0.25, -0.2) is 14.5 Å². The molecule has 1 unspecified atom stereocenters. The normalized spacial score (nSPS) is 15.3. The molecule has 4 heterocycles. The van der Waals surface area contributed by atoms with Crippen LogP contribution in [0.15, 0.2) is 59.5 Å². The number of carbonyl (C=O) groups excluding carboxylic acids is 3. The van der Waals surface area contributed by atoms with Crippen LogP contribution >= 0.6 is 0 Å². The van der Waals surface area contributed by atoms with Gasteiger partial charge in [-0.15, -0.1) is 0 Å². The third-order valence-electron chi connectivity index (χ3n) is 7.44. The number of aromatic nitrogens is 5. The van der Waals surface area contributed by atoms with Crippen LogP contribution < -0.4 is 16.2 Å².